The summed E-state index contributed by atoms with van der Waals surface area (Å²) in [7, 11) is 1.57. The van der Waals surface area contributed by atoms with E-state index >= 15 is 0 Å². The minimum Gasteiger partial charge on any atom is -0.494 e. The summed E-state index contributed by atoms with van der Waals surface area (Å²) in [4.78, 5) is 26.5. The molecular formula is C17H13N3O4S. The standard InChI is InChI=1S/C17H13N3O4S/c1-24-13-3-2-4-14-16(13)19-17(25-14)18-15(21)10-7-11-5-8-12(9-6-11)20(22)23/h2-10H,1H3,(H,18,19,21)/b10-7+. The molecule has 0 bridgehead atoms. The first-order valence-corrected chi connectivity index (χ1v) is 8.05. The van der Waals surface area contributed by atoms with Gasteiger partial charge in [0.1, 0.15) is 11.3 Å². The fraction of sp³-hybridized carbons (Fsp3) is 0.0588. The molecule has 1 amide bonds. The van der Waals surface area contributed by atoms with Gasteiger partial charge in [-0.15, -0.1) is 0 Å². The highest BCUT2D eigenvalue weighted by Crippen LogP contribution is 2.32. The number of nitro groups is 1. The first-order chi connectivity index (χ1) is 12.1. The number of ether oxygens (including phenoxy) is 1. The van der Waals surface area contributed by atoms with Crippen molar-refractivity contribution in [2.45, 2.75) is 0 Å². The molecule has 7 nitrogen and oxygen atoms in total. The smallest absolute Gasteiger partial charge is 0.269 e. The van der Waals surface area contributed by atoms with E-state index in [0.29, 0.717) is 22.0 Å². The van der Waals surface area contributed by atoms with Gasteiger partial charge in [0.05, 0.1) is 16.7 Å². The lowest BCUT2D eigenvalue weighted by molar-refractivity contribution is -0.384. The quantitative estimate of drug-likeness (QED) is 0.426. The Morgan fingerprint density at radius 3 is 2.72 bits per heavy atom. The molecule has 0 unspecified atom stereocenters. The Morgan fingerprint density at radius 1 is 1.28 bits per heavy atom. The second-order valence-corrected chi connectivity index (χ2v) is 6.03. The molecule has 0 radical (unpaired) electrons. The van der Waals surface area contributed by atoms with Crippen LogP contribution in [0.1, 0.15) is 5.56 Å². The number of benzene rings is 2. The predicted octanol–water partition coefficient (Wildman–Crippen LogP) is 3.87. The molecule has 0 aliphatic carbocycles. The van der Waals surface area contributed by atoms with Crippen molar-refractivity contribution in [1.82, 2.24) is 4.98 Å². The highest BCUT2D eigenvalue weighted by Gasteiger charge is 2.09. The molecule has 25 heavy (non-hydrogen) atoms. The third-order valence-electron chi connectivity index (χ3n) is 3.36. The summed E-state index contributed by atoms with van der Waals surface area (Å²) in [5.41, 5.74) is 1.39. The number of nitrogens with zero attached hydrogens (tertiary/aromatic N) is 2. The number of anilines is 1. The minimum atomic E-state index is -0.471. The van der Waals surface area contributed by atoms with E-state index < -0.39 is 4.92 Å². The van der Waals surface area contributed by atoms with Crippen molar-refractivity contribution in [3.63, 3.8) is 0 Å². The van der Waals surface area contributed by atoms with E-state index in [1.807, 2.05) is 18.2 Å². The van der Waals surface area contributed by atoms with Gasteiger partial charge in [0, 0.05) is 18.2 Å². The lowest BCUT2D eigenvalue weighted by atomic mass is 10.2. The summed E-state index contributed by atoms with van der Waals surface area (Å²) in [5, 5.41) is 13.8. The Morgan fingerprint density at radius 2 is 2.04 bits per heavy atom. The molecule has 0 saturated heterocycles. The first-order valence-electron chi connectivity index (χ1n) is 7.24. The summed E-state index contributed by atoms with van der Waals surface area (Å²) < 4.78 is 6.16. The third-order valence-corrected chi connectivity index (χ3v) is 4.30. The van der Waals surface area contributed by atoms with Gasteiger partial charge in [0.2, 0.25) is 5.91 Å². The zero-order valence-electron chi connectivity index (χ0n) is 13.1. The monoisotopic (exact) mass is 355 g/mol. The van der Waals surface area contributed by atoms with Gasteiger partial charge in [0.25, 0.3) is 5.69 Å². The summed E-state index contributed by atoms with van der Waals surface area (Å²) in [5.74, 6) is 0.312. The van der Waals surface area contributed by atoms with Gasteiger partial charge < -0.3 is 4.74 Å². The van der Waals surface area contributed by atoms with Gasteiger partial charge in [0.15, 0.2) is 5.13 Å². The Kier molecular flexibility index (Phi) is 4.71. The van der Waals surface area contributed by atoms with Crippen molar-refractivity contribution >= 4 is 44.4 Å². The molecule has 3 aromatic rings. The fourth-order valence-electron chi connectivity index (χ4n) is 2.17. The molecule has 1 N–H and O–H groups in total. The number of nitrogens with one attached hydrogen (secondary N) is 1. The third kappa shape index (κ3) is 3.81. The maximum absolute atomic E-state index is 12.0. The SMILES string of the molecule is COc1cccc2sc(NC(=O)/C=C/c3ccc([N+](=O)[O-])cc3)nc12. The number of hydrogen-bond acceptors (Lipinski definition) is 6. The molecular weight excluding hydrogens is 342 g/mol. The van der Waals surface area contributed by atoms with E-state index in [1.165, 1.54) is 29.5 Å². The summed E-state index contributed by atoms with van der Waals surface area (Å²) >= 11 is 1.35. The van der Waals surface area contributed by atoms with Crippen molar-refractivity contribution in [2.75, 3.05) is 12.4 Å². The van der Waals surface area contributed by atoms with Gasteiger partial charge in [-0.25, -0.2) is 4.98 Å². The zero-order valence-corrected chi connectivity index (χ0v) is 13.9. The summed E-state index contributed by atoms with van der Waals surface area (Å²) in [6, 6.07) is 11.5. The lowest BCUT2D eigenvalue weighted by Gasteiger charge is -1.98. The largest absolute Gasteiger partial charge is 0.494 e. The molecule has 0 aliphatic heterocycles. The molecule has 0 atom stereocenters. The number of non-ortho nitro benzene ring substituents is 1. The van der Waals surface area contributed by atoms with Crippen LogP contribution in [0.2, 0.25) is 0 Å². The molecule has 0 spiro atoms. The molecule has 2 aromatic carbocycles. The number of para-hydroxylation sites is 1. The van der Waals surface area contributed by atoms with Crippen LogP contribution >= 0.6 is 11.3 Å². The number of aromatic nitrogens is 1. The van der Waals surface area contributed by atoms with E-state index in [-0.39, 0.29) is 11.6 Å². The van der Waals surface area contributed by atoms with Crippen molar-refractivity contribution in [3.05, 3.63) is 64.2 Å². The van der Waals surface area contributed by atoms with Crippen LogP contribution < -0.4 is 10.1 Å². The summed E-state index contributed by atoms with van der Waals surface area (Å²) in [6.45, 7) is 0. The first kappa shape index (κ1) is 16.6. The minimum absolute atomic E-state index is 0.00465. The number of thiazole rings is 1. The number of hydrogen-bond donors (Lipinski definition) is 1. The van der Waals surface area contributed by atoms with Crippen molar-refractivity contribution in [2.24, 2.45) is 0 Å². The zero-order chi connectivity index (χ0) is 17.8. The van der Waals surface area contributed by atoms with Gasteiger partial charge in [-0.1, -0.05) is 17.4 Å². The lowest BCUT2D eigenvalue weighted by Crippen LogP contribution is -2.07. The van der Waals surface area contributed by atoms with Crippen molar-refractivity contribution < 1.29 is 14.5 Å². The van der Waals surface area contributed by atoms with Crippen LogP contribution in [-0.2, 0) is 4.79 Å². The van der Waals surface area contributed by atoms with Gasteiger partial charge in [-0.3, -0.25) is 20.2 Å². The fourth-order valence-corrected chi connectivity index (χ4v) is 3.05. The number of rotatable bonds is 5. The van der Waals surface area contributed by atoms with Gasteiger partial charge >= 0.3 is 0 Å². The number of carbonyl (C=O) groups excluding carboxylic acids is 1. The number of methoxy groups -OCH3 is 1. The molecule has 0 fully saturated rings. The van der Waals surface area contributed by atoms with Crippen LogP contribution in [0.25, 0.3) is 16.3 Å². The average Bonchev–Trinajstić information content (AvgIpc) is 3.02. The van der Waals surface area contributed by atoms with Gasteiger partial charge in [-0.2, -0.15) is 0 Å². The maximum atomic E-state index is 12.0. The van der Waals surface area contributed by atoms with Crippen LogP contribution in [0.15, 0.2) is 48.5 Å². The van der Waals surface area contributed by atoms with Crippen molar-refractivity contribution in [3.8, 4) is 5.75 Å². The number of amides is 1. The normalized spacial score (nSPS) is 10.9. The molecule has 0 saturated carbocycles. The molecule has 3 rings (SSSR count). The predicted molar refractivity (Wildman–Crippen MR) is 96.9 cm³/mol. The van der Waals surface area contributed by atoms with Crippen LogP contribution in [0, 0.1) is 10.1 Å². The van der Waals surface area contributed by atoms with Crippen LogP contribution in [0.3, 0.4) is 0 Å². The van der Waals surface area contributed by atoms with Gasteiger partial charge in [-0.05, 0) is 35.9 Å². The summed E-state index contributed by atoms with van der Waals surface area (Å²) in [6.07, 6.45) is 2.93. The highest BCUT2D eigenvalue weighted by atomic mass is 32.1. The highest BCUT2D eigenvalue weighted by molar-refractivity contribution is 7.22. The maximum Gasteiger partial charge on any atom is 0.269 e. The second-order valence-electron chi connectivity index (χ2n) is 5.00. The van der Waals surface area contributed by atoms with E-state index in [0.717, 1.165) is 4.70 Å². The van der Waals surface area contributed by atoms with Crippen LogP contribution in [0.4, 0.5) is 10.8 Å². The molecule has 8 heteroatoms. The second kappa shape index (κ2) is 7.10. The molecule has 1 heterocycles. The molecule has 126 valence electrons. The van der Waals surface area contributed by atoms with E-state index in [4.69, 9.17) is 4.74 Å². The Bertz CT molecular complexity index is 964. The van der Waals surface area contributed by atoms with E-state index in [9.17, 15) is 14.9 Å². The Balaban J connectivity index is 1.71. The van der Waals surface area contributed by atoms with E-state index in [1.54, 1.807) is 25.3 Å². The van der Waals surface area contributed by atoms with E-state index in [2.05, 4.69) is 10.3 Å². The van der Waals surface area contributed by atoms with Crippen molar-refractivity contribution in [1.29, 1.82) is 0 Å². The topological polar surface area (TPSA) is 94.4 Å². The Hall–Kier alpha value is -3.26. The number of fused-ring (bicyclic) bond motifs is 1. The molecule has 0 aliphatic rings. The molecule has 1 aromatic heterocycles. The average molecular weight is 355 g/mol. The van der Waals surface area contributed by atoms with Crippen LogP contribution in [-0.4, -0.2) is 22.9 Å². The number of nitro benzene ring substituents is 1. The Labute approximate surface area is 146 Å². The van der Waals surface area contributed by atoms with Crippen LogP contribution in [0.5, 0.6) is 5.75 Å². The number of carbonyl (C=O) groups is 1.